The van der Waals surface area contributed by atoms with E-state index in [1.807, 2.05) is 0 Å². The molecule has 1 saturated heterocycles. The van der Waals surface area contributed by atoms with Gasteiger partial charge in [-0.25, -0.2) is 0 Å². The highest BCUT2D eigenvalue weighted by Gasteiger charge is 2.23. The third kappa shape index (κ3) is 7.25. The largest absolute Gasteiger partial charge is 0.379 e. The fourth-order valence-corrected chi connectivity index (χ4v) is 2.62. The van der Waals surface area contributed by atoms with E-state index < -0.39 is 0 Å². The number of hydrogen-bond donors (Lipinski definition) is 1. The average Bonchev–Trinajstić information content (AvgIpc) is 2.33. The molecule has 1 fully saturated rings. The lowest BCUT2D eigenvalue weighted by Gasteiger charge is -2.35. The lowest BCUT2D eigenvalue weighted by molar-refractivity contribution is -0.123. The van der Waals surface area contributed by atoms with Gasteiger partial charge in [-0.15, -0.1) is 0 Å². The molecule has 0 aliphatic carbocycles. The van der Waals surface area contributed by atoms with Crippen LogP contribution in [0.4, 0.5) is 0 Å². The number of morpholine rings is 1. The molecular weight excluding hydrogens is 252 g/mol. The van der Waals surface area contributed by atoms with Crippen LogP contribution in [0.1, 0.15) is 47.5 Å². The number of rotatable bonds is 6. The van der Waals surface area contributed by atoms with Crippen molar-refractivity contribution in [2.24, 2.45) is 11.3 Å². The molecule has 118 valence electrons. The van der Waals surface area contributed by atoms with Gasteiger partial charge in [0.2, 0.25) is 5.91 Å². The van der Waals surface area contributed by atoms with Crippen LogP contribution in [0.2, 0.25) is 0 Å². The number of carbonyl (C=O) groups excluding carboxylic acids is 1. The van der Waals surface area contributed by atoms with Gasteiger partial charge >= 0.3 is 0 Å². The fraction of sp³-hybridized carbons (Fsp3) is 0.938. The second kappa shape index (κ2) is 7.99. The van der Waals surface area contributed by atoms with Crippen molar-refractivity contribution in [3.8, 4) is 0 Å². The Morgan fingerprint density at radius 2 is 1.85 bits per heavy atom. The van der Waals surface area contributed by atoms with Crippen LogP contribution < -0.4 is 5.32 Å². The van der Waals surface area contributed by atoms with Crippen molar-refractivity contribution in [2.45, 2.75) is 53.5 Å². The van der Waals surface area contributed by atoms with Crippen molar-refractivity contribution in [1.29, 1.82) is 0 Å². The van der Waals surface area contributed by atoms with Gasteiger partial charge in [0.15, 0.2) is 0 Å². The average molecular weight is 284 g/mol. The van der Waals surface area contributed by atoms with E-state index in [1.54, 1.807) is 0 Å². The Bertz CT molecular complexity index is 291. The molecule has 0 aromatic carbocycles. The van der Waals surface area contributed by atoms with E-state index >= 15 is 0 Å². The molecule has 4 nitrogen and oxygen atoms in total. The molecule has 0 bridgehead atoms. The van der Waals surface area contributed by atoms with E-state index in [9.17, 15) is 4.79 Å². The molecule has 1 amide bonds. The molecule has 0 radical (unpaired) electrons. The van der Waals surface area contributed by atoms with Gasteiger partial charge in [0.1, 0.15) is 0 Å². The van der Waals surface area contributed by atoms with Gasteiger partial charge in [0.25, 0.3) is 0 Å². The zero-order chi connectivity index (χ0) is 15.2. The van der Waals surface area contributed by atoms with Gasteiger partial charge in [-0.1, -0.05) is 34.6 Å². The molecule has 20 heavy (non-hydrogen) atoms. The molecule has 1 aliphatic heterocycles. The van der Waals surface area contributed by atoms with Crippen molar-refractivity contribution in [1.82, 2.24) is 10.2 Å². The third-order valence-electron chi connectivity index (χ3n) is 3.53. The molecule has 0 aromatic rings. The number of nitrogens with one attached hydrogen (secondary N) is 1. The molecule has 0 spiro atoms. The molecule has 1 aliphatic rings. The highest BCUT2D eigenvalue weighted by atomic mass is 16.5. The zero-order valence-electron chi connectivity index (χ0n) is 13.9. The maximum Gasteiger partial charge on any atom is 0.220 e. The van der Waals surface area contributed by atoms with Crippen LogP contribution in [0, 0.1) is 11.3 Å². The summed E-state index contributed by atoms with van der Waals surface area (Å²) < 4.78 is 5.42. The van der Waals surface area contributed by atoms with E-state index in [1.165, 1.54) is 0 Å². The first kappa shape index (κ1) is 17.4. The van der Waals surface area contributed by atoms with E-state index in [4.69, 9.17) is 4.74 Å². The van der Waals surface area contributed by atoms with Crippen molar-refractivity contribution in [3.63, 3.8) is 0 Å². The molecule has 1 atom stereocenters. The number of hydrogen-bond acceptors (Lipinski definition) is 3. The summed E-state index contributed by atoms with van der Waals surface area (Å²) in [5.74, 6) is 0.807. The van der Waals surface area contributed by atoms with Crippen LogP contribution in [0.5, 0.6) is 0 Å². The van der Waals surface area contributed by atoms with Crippen LogP contribution in [-0.4, -0.2) is 49.7 Å². The van der Waals surface area contributed by atoms with Crippen molar-refractivity contribution >= 4 is 5.91 Å². The molecule has 1 unspecified atom stereocenters. The summed E-state index contributed by atoms with van der Waals surface area (Å²) in [6.07, 6.45) is 1.71. The van der Waals surface area contributed by atoms with Crippen molar-refractivity contribution < 1.29 is 9.53 Å². The first-order valence-corrected chi connectivity index (χ1v) is 7.86. The van der Waals surface area contributed by atoms with E-state index in [0.717, 1.165) is 39.3 Å². The second-order valence-corrected chi connectivity index (χ2v) is 7.47. The smallest absolute Gasteiger partial charge is 0.220 e. The lowest BCUT2D eigenvalue weighted by atomic mass is 9.92. The van der Waals surface area contributed by atoms with Gasteiger partial charge < -0.3 is 10.1 Å². The molecule has 0 saturated carbocycles. The molecular formula is C16H32N2O2. The Hall–Kier alpha value is -0.610. The Kier molecular flexibility index (Phi) is 6.96. The van der Waals surface area contributed by atoms with Crippen LogP contribution in [0.25, 0.3) is 0 Å². The minimum Gasteiger partial charge on any atom is -0.379 e. The summed E-state index contributed by atoms with van der Waals surface area (Å²) in [5, 5.41) is 3.12. The van der Waals surface area contributed by atoms with E-state index in [-0.39, 0.29) is 11.3 Å². The number of nitrogens with zero attached hydrogens (tertiary/aromatic N) is 1. The van der Waals surface area contributed by atoms with Crippen LogP contribution in [0.15, 0.2) is 0 Å². The maximum absolute atomic E-state index is 12.0. The summed E-state index contributed by atoms with van der Waals surface area (Å²) >= 11 is 0. The SMILES string of the molecule is CC(C)CC(CNC(=O)CC(C)(C)C)N1CCOCC1. The monoisotopic (exact) mass is 284 g/mol. The standard InChI is InChI=1S/C16H32N2O2/c1-13(2)10-14(18-6-8-20-9-7-18)12-17-15(19)11-16(3,4)5/h13-14H,6-12H2,1-5H3,(H,17,19). The Morgan fingerprint density at radius 3 is 2.35 bits per heavy atom. The van der Waals surface area contributed by atoms with Crippen LogP contribution >= 0.6 is 0 Å². The molecule has 0 aromatic heterocycles. The molecule has 1 heterocycles. The van der Waals surface area contributed by atoms with Gasteiger partial charge in [0.05, 0.1) is 13.2 Å². The molecule has 1 N–H and O–H groups in total. The third-order valence-corrected chi connectivity index (χ3v) is 3.53. The highest BCUT2D eigenvalue weighted by molar-refractivity contribution is 5.76. The Labute approximate surface area is 124 Å². The number of carbonyl (C=O) groups is 1. The molecule has 4 heteroatoms. The summed E-state index contributed by atoms with van der Waals surface area (Å²) in [7, 11) is 0. The maximum atomic E-state index is 12.0. The minimum absolute atomic E-state index is 0.0522. The van der Waals surface area contributed by atoms with Crippen molar-refractivity contribution in [2.75, 3.05) is 32.8 Å². The predicted octanol–water partition coefficient (Wildman–Crippen LogP) is 2.29. The Morgan fingerprint density at radius 1 is 1.25 bits per heavy atom. The first-order valence-electron chi connectivity index (χ1n) is 7.86. The normalized spacial score (nSPS) is 19.1. The fourth-order valence-electron chi connectivity index (χ4n) is 2.62. The summed E-state index contributed by atoms with van der Waals surface area (Å²) in [6.45, 7) is 15.1. The minimum atomic E-state index is 0.0522. The van der Waals surface area contributed by atoms with E-state index in [0.29, 0.717) is 18.4 Å². The van der Waals surface area contributed by atoms with Crippen LogP contribution in [0.3, 0.4) is 0 Å². The van der Waals surface area contributed by atoms with E-state index in [2.05, 4.69) is 44.8 Å². The van der Waals surface area contributed by atoms with Gasteiger partial charge in [-0.2, -0.15) is 0 Å². The second-order valence-electron chi connectivity index (χ2n) is 7.47. The van der Waals surface area contributed by atoms with Crippen molar-refractivity contribution in [3.05, 3.63) is 0 Å². The zero-order valence-corrected chi connectivity index (χ0v) is 13.9. The summed E-state index contributed by atoms with van der Waals surface area (Å²) in [5.41, 5.74) is 0.0522. The Balaban J connectivity index is 2.45. The quantitative estimate of drug-likeness (QED) is 0.813. The van der Waals surface area contributed by atoms with Gasteiger partial charge in [-0.05, 0) is 17.8 Å². The van der Waals surface area contributed by atoms with Gasteiger partial charge in [-0.3, -0.25) is 9.69 Å². The number of ether oxygens (including phenoxy) is 1. The topological polar surface area (TPSA) is 41.6 Å². The molecule has 1 rings (SSSR count). The van der Waals surface area contributed by atoms with Crippen LogP contribution in [-0.2, 0) is 9.53 Å². The summed E-state index contributed by atoms with van der Waals surface area (Å²) in [4.78, 5) is 14.4. The first-order chi connectivity index (χ1) is 9.28. The highest BCUT2D eigenvalue weighted by Crippen LogP contribution is 2.18. The van der Waals surface area contributed by atoms with Gasteiger partial charge in [0, 0.05) is 32.1 Å². The predicted molar refractivity (Wildman–Crippen MR) is 82.7 cm³/mol. The summed E-state index contributed by atoms with van der Waals surface area (Å²) in [6, 6.07) is 0.433. The lowest BCUT2D eigenvalue weighted by Crippen LogP contribution is -2.49. The number of amides is 1.